The topological polar surface area (TPSA) is 75.4 Å². The van der Waals surface area contributed by atoms with E-state index in [2.05, 4.69) is 20.0 Å². The van der Waals surface area contributed by atoms with Gasteiger partial charge in [0.15, 0.2) is 5.69 Å². The van der Waals surface area contributed by atoms with Gasteiger partial charge in [0.2, 0.25) is 5.95 Å². The molecule has 8 heteroatoms. The molecule has 2 aromatic heterocycles. The molecule has 2 aliphatic heterocycles. The van der Waals surface area contributed by atoms with Crippen LogP contribution in [0, 0.1) is 24.6 Å². The third-order valence-corrected chi connectivity index (χ3v) is 5.80. The number of hydrogen-bond donors (Lipinski definition) is 0. The van der Waals surface area contributed by atoms with Gasteiger partial charge in [0.05, 0.1) is 6.04 Å². The summed E-state index contributed by atoms with van der Waals surface area (Å²) in [4.78, 5) is 25.8. The molecule has 5 rings (SSSR count). The molecule has 2 aliphatic rings. The predicted molar refractivity (Wildman–Crippen MR) is 103 cm³/mol. The van der Waals surface area contributed by atoms with Crippen molar-refractivity contribution in [3.05, 3.63) is 71.6 Å². The fraction of sp³-hybridized carbons (Fsp3) is 0.333. The zero-order valence-corrected chi connectivity index (χ0v) is 15.9. The molecule has 2 fully saturated rings. The predicted octanol–water partition coefficient (Wildman–Crippen LogP) is 2.86. The Morgan fingerprint density at radius 2 is 1.97 bits per heavy atom. The molecule has 3 aromatic rings. The molecule has 4 heterocycles. The van der Waals surface area contributed by atoms with Crippen LogP contribution in [-0.4, -0.2) is 45.6 Å². The molecule has 0 bridgehead atoms. The summed E-state index contributed by atoms with van der Waals surface area (Å²) in [6, 6.07) is 9.69. The molecule has 3 atom stereocenters. The molecular formula is C21H20FN5O2. The molecule has 2 saturated heterocycles. The fourth-order valence-corrected chi connectivity index (χ4v) is 4.60. The van der Waals surface area contributed by atoms with Crippen LogP contribution in [0.4, 0.5) is 10.3 Å². The van der Waals surface area contributed by atoms with Gasteiger partial charge in [-0.2, -0.15) is 0 Å². The number of hydrogen-bond acceptors (Lipinski definition) is 6. The highest BCUT2D eigenvalue weighted by molar-refractivity contribution is 5.93. The first-order valence-corrected chi connectivity index (χ1v) is 9.62. The Balaban J connectivity index is 1.48. The maximum Gasteiger partial charge on any atom is 0.276 e. The van der Waals surface area contributed by atoms with Crippen LogP contribution in [0.1, 0.15) is 27.9 Å². The number of nitrogens with zero attached hydrogens (tertiary/aromatic N) is 5. The lowest BCUT2D eigenvalue weighted by Gasteiger charge is -2.29. The Morgan fingerprint density at radius 1 is 1.14 bits per heavy atom. The van der Waals surface area contributed by atoms with E-state index in [0.717, 1.165) is 12.1 Å². The lowest BCUT2D eigenvalue weighted by molar-refractivity contribution is 0.0704. The minimum absolute atomic E-state index is 0.151. The first kappa shape index (κ1) is 17.8. The third kappa shape index (κ3) is 3.14. The first-order chi connectivity index (χ1) is 14.1. The van der Waals surface area contributed by atoms with Crippen molar-refractivity contribution in [2.24, 2.45) is 11.8 Å². The summed E-state index contributed by atoms with van der Waals surface area (Å²) >= 11 is 0. The zero-order chi connectivity index (χ0) is 20.0. The maximum absolute atomic E-state index is 14.0. The van der Waals surface area contributed by atoms with Crippen molar-refractivity contribution in [2.75, 3.05) is 24.5 Å². The van der Waals surface area contributed by atoms with Gasteiger partial charge in [0.1, 0.15) is 11.6 Å². The van der Waals surface area contributed by atoms with Crippen molar-refractivity contribution in [1.82, 2.24) is 20.0 Å². The zero-order valence-electron chi connectivity index (χ0n) is 15.9. The highest BCUT2D eigenvalue weighted by Crippen LogP contribution is 2.46. The van der Waals surface area contributed by atoms with E-state index in [0.29, 0.717) is 24.8 Å². The van der Waals surface area contributed by atoms with Gasteiger partial charge in [0, 0.05) is 49.9 Å². The van der Waals surface area contributed by atoms with Gasteiger partial charge in [0.25, 0.3) is 5.91 Å². The van der Waals surface area contributed by atoms with E-state index in [-0.39, 0.29) is 35.3 Å². The van der Waals surface area contributed by atoms with E-state index in [1.165, 1.54) is 12.1 Å². The average Bonchev–Trinajstić information content (AvgIpc) is 3.42. The number of benzene rings is 1. The lowest BCUT2D eigenvalue weighted by atomic mass is 9.89. The summed E-state index contributed by atoms with van der Waals surface area (Å²) in [6.07, 6.45) is 3.45. The summed E-state index contributed by atoms with van der Waals surface area (Å²) in [5.41, 5.74) is 1.08. The minimum Gasteiger partial charge on any atom is -0.361 e. The number of likely N-dealkylation sites (tertiary alicyclic amines) is 1. The van der Waals surface area contributed by atoms with E-state index >= 15 is 0 Å². The molecule has 29 heavy (non-hydrogen) atoms. The maximum atomic E-state index is 14.0. The van der Waals surface area contributed by atoms with E-state index in [9.17, 15) is 9.18 Å². The van der Waals surface area contributed by atoms with Crippen molar-refractivity contribution in [3.8, 4) is 0 Å². The third-order valence-electron chi connectivity index (χ3n) is 5.80. The van der Waals surface area contributed by atoms with Gasteiger partial charge >= 0.3 is 0 Å². The second-order valence-electron chi connectivity index (χ2n) is 7.66. The van der Waals surface area contributed by atoms with E-state index in [1.54, 1.807) is 37.5 Å². The number of carbonyl (C=O) groups is 1. The molecule has 0 N–H and O–H groups in total. The first-order valence-electron chi connectivity index (χ1n) is 9.62. The van der Waals surface area contributed by atoms with Crippen LogP contribution in [-0.2, 0) is 0 Å². The normalized spacial score (nSPS) is 23.4. The molecule has 148 valence electrons. The summed E-state index contributed by atoms with van der Waals surface area (Å²) in [7, 11) is 0. The van der Waals surface area contributed by atoms with Gasteiger partial charge < -0.3 is 14.3 Å². The number of aryl methyl sites for hydroxylation is 1. The molecule has 7 nitrogen and oxygen atoms in total. The Kier molecular flexibility index (Phi) is 4.26. The molecule has 0 spiro atoms. The molecular weight excluding hydrogens is 373 g/mol. The number of amides is 1. The monoisotopic (exact) mass is 393 g/mol. The fourth-order valence-electron chi connectivity index (χ4n) is 4.60. The number of aromatic nitrogens is 3. The number of rotatable bonds is 3. The highest BCUT2D eigenvalue weighted by Gasteiger charge is 2.50. The van der Waals surface area contributed by atoms with Crippen molar-refractivity contribution >= 4 is 11.9 Å². The van der Waals surface area contributed by atoms with Crippen molar-refractivity contribution in [2.45, 2.75) is 13.0 Å². The van der Waals surface area contributed by atoms with Gasteiger partial charge in [-0.3, -0.25) is 4.79 Å². The Hall–Kier alpha value is -3.29. The largest absolute Gasteiger partial charge is 0.361 e. The SMILES string of the molecule is Cc1cc(C(=O)N2C[C@@H]3CN(c4ncccn4)C[C@@H]3[C@H]2c2cccc(F)c2)no1. The minimum atomic E-state index is -0.308. The van der Waals surface area contributed by atoms with Crippen molar-refractivity contribution < 1.29 is 13.7 Å². The molecule has 0 aliphatic carbocycles. The summed E-state index contributed by atoms with van der Waals surface area (Å²) < 4.78 is 19.1. The molecule has 0 unspecified atom stereocenters. The van der Waals surface area contributed by atoms with E-state index in [4.69, 9.17) is 4.52 Å². The van der Waals surface area contributed by atoms with Crippen LogP contribution in [0.5, 0.6) is 0 Å². The van der Waals surface area contributed by atoms with Gasteiger partial charge in [-0.1, -0.05) is 17.3 Å². The molecule has 0 saturated carbocycles. The number of anilines is 1. The quantitative estimate of drug-likeness (QED) is 0.681. The second kappa shape index (κ2) is 6.95. The summed E-state index contributed by atoms with van der Waals surface area (Å²) in [5, 5.41) is 3.89. The second-order valence-corrected chi connectivity index (χ2v) is 7.66. The van der Waals surface area contributed by atoms with Crippen LogP contribution >= 0.6 is 0 Å². The average molecular weight is 393 g/mol. The van der Waals surface area contributed by atoms with Crippen LogP contribution in [0.2, 0.25) is 0 Å². The molecule has 1 amide bonds. The Bertz CT molecular complexity index is 1040. The van der Waals surface area contributed by atoms with Gasteiger partial charge in [-0.05, 0) is 30.7 Å². The van der Waals surface area contributed by atoms with Crippen molar-refractivity contribution in [1.29, 1.82) is 0 Å². The van der Waals surface area contributed by atoms with Crippen LogP contribution in [0.25, 0.3) is 0 Å². The van der Waals surface area contributed by atoms with Crippen LogP contribution < -0.4 is 4.90 Å². The molecule has 0 radical (unpaired) electrons. The lowest BCUT2D eigenvalue weighted by Crippen LogP contribution is -2.36. The number of carbonyl (C=O) groups excluding carboxylic acids is 1. The van der Waals surface area contributed by atoms with E-state index < -0.39 is 0 Å². The van der Waals surface area contributed by atoms with Crippen LogP contribution in [0.15, 0.2) is 53.3 Å². The highest BCUT2D eigenvalue weighted by atomic mass is 19.1. The Morgan fingerprint density at radius 3 is 2.69 bits per heavy atom. The van der Waals surface area contributed by atoms with Crippen LogP contribution in [0.3, 0.4) is 0 Å². The summed E-state index contributed by atoms with van der Waals surface area (Å²) in [5.74, 6) is 1.17. The van der Waals surface area contributed by atoms with Gasteiger partial charge in [-0.25, -0.2) is 14.4 Å². The van der Waals surface area contributed by atoms with Gasteiger partial charge in [-0.15, -0.1) is 0 Å². The summed E-state index contributed by atoms with van der Waals surface area (Å²) in [6.45, 7) is 3.78. The Labute approximate surface area is 167 Å². The smallest absolute Gasteiger partial charge is 0.276 e. The molecule has 1 aromatic carbocycles. The number of halogens is 1. The van der Waals surface area contributed by atoms with E-state index in [1.807, 2.05) is 11.0 Å². The van der Waals surface area contributed by atoms with Crippen molar-refractivity contribution in [3.63, 3.8) is 0 Å². The number of fused-ring (bicyclic) bond motifs is 1. The standard InChI is InChI=1S/C21H20FN5O2/c1-13-8-18(25-29-13)20(28)27-11-15-10-26(21-23-6-3-7-24-21)12-17(15)19(27)14-4-2-5-16(22)9-14/h2-9,15,17,19H,10-12H2,1H3/t15-,17-,19+/m0/s1.